The molecular weight excluding hydrogens is 486 g/mol. The van der Waals surface area contributed by atoms with Crippen LogP contribution in [0.15, 0.2) is 102 Å². The van der Waals surface area contributed by atoms with E-state index in [1.165, 1.54) is 6.21 Å². The summed E-state index contributed by atoms with van der Waals surface area (Å²) in [6.45, 7) is 0.251. The highest BCUT2D eigenvalue weighted by atomic mass is 16.5. The van der Waals surface area contributed by atoms with Crippen LogP contribution in [0, 0.1) is 23.2 Å². The fraction of sp³-hybridized carbons (Fsp3) is 0.152. The van der Waals surface area contributed by atoms with Crippen molar-refractivity contribution in [3.05, 3.63) is 136 Å². The zero-order valence-corrected chi connectivity index (χ0v) is 20.9. The Kier molecular flexibility index (Phi) is 5.38. The Morgan fingerprint density at radius 3 is 1.92 bits per heavy atom. The molecule has 0 unspecified atom stereocenters. The van der Waals surface area contributed by atoms with Crippen molar-refractivity contribution < 1.29 is 14.3 Å². The number of ether oxygens (including phenoxy) is 1. The first-order chi connectivity index (χ1) is 19.2. The molecular formula is C33H23N3O3. The van der Waals surface area contributed by atoms with Crippen LogP contribution in [-0.2, 0) is 16.2 Å². The van der Waals surface area contributed by atoms with Gasteiger partial charge in [-0.3, -0.25) is 9.59 Å². The van der Waals surface area contributed by atoms with Gasteiger partial charge in [0.1, 0.15) is 12.4 Å². The summed E-state index contributed by atoms with van der Waals surface area (Å²) >= 11 is 0. The van der Waals surface area contributed by atoms with Crippen molar-refractivity contribution in [2.75, 3.05) is 0 Å². The maximum atomic E-state index is 13.7. The molecule has 8 rings (SSSR count). The summed E-state index contributed by atoms with van der Waals surface area (Å²) in [7, 11) is 0. The van der Waals surface area contributed by atoms with E-state index in [0.29, 0.717) is 16.9 Å². The zero-order valence-electron chi connectivity index (χ0n) is 20.9. The SMILES string of the molecule is N#Cc1ccccc1COc1cccc(/C=N\N2C(=O)[C@@H]3C4c5ccccc5C(c5ccccc54)[C@@H]3C2=O)c1. The third-order valence-electron chi connectivity index (χ3n) is 8.14. The zero-order chi connectivity index (χ0) is 26.5. The number of carbonyl (C=O) groups is 2. The molecule has 6 nitrogen and oxygen atoms in total. The number of hydrogen-bond acceptors (Lipinski definition) is 5. The van der Waals surface area contributed by atoms with Gasteiger partial charge in [0.25, 0.3) is 11.8 Å². The number of nitriles is 1. The number of hydrogen-bond donors (Lipinski definition) is 0. The van der Waals surface area contributed by atoms with Gasteiger partial charge in [-0.25, -0.2) is 0 Å². The van der Waals surface area contributed by atoms with Crippen molar-refractivity contribution in [3.8, 4) is 11.8 Å². The predicted molar refractivity (Wildman–Crippen MR) is 145 cm³/mol. The molecule has 6 heteroatoms. The second-order valence-corrected chi connectivity index (χ2v) is 10.1. The topological polar surface area (TPSA) is 82.8 Å². The van der Waals surface area contributed by atoms with E-state index in [4.69, 9.17) is 4.74 Å². The molecule has 3 aliphatic carbocycles. The Hall–Kier alpha value is -5.02. The molecule has 0 spiro atoms. The van der Waals surface area contributed by atoms with Gasteiger partial charge in [-0.05, 0) is 46.0 Å². The molecule has 2 amide bonds. The number of nitrogens with zero attached hydrogens (tertiary/aromatic N) is 3. The number of rotatable bonds is 5. The van der Waals surface area contributed by atoms with Gasteiger partial charge in [-0.1, -0.05) is 78.9 Å². The average molecular weight is 510 g/mol. The minimum absolute atomic E-state index is 0.155. The second kappa shape index (κ2) is 9.07. The lowest BCUT2D eigenvalue weighted by molar-refractivity contribution is -0.139. The Balaban J connectivity index is 1.16. The Labute approximate surface area is 225 Å². The first-order valence-electron chi connectivity index (χ1n) is 13.0. The van der Waals surface area contributed by atoms with E-state index in [1.807, 2.05) is 60.7 Å². The third kappa shape index (κ3) is 3.58. The maximum absolute atomic E-state index is 13.7. The van der Waals surface area contributed by atoms with Gasteiger partial charge < -0.3 is 4.74 Å². The van der Waals surface area contributed by atoms with Crippen molar-refractivity contribution in [3.63, 3.8) is 0 Å². The molecule has 39 heavy (non-hydrogen) atoms. The van der Waals surface area contributed by atoms with Gasteiger partial charge in [0.2, 0.25) is 0 Å². The summed E-state index contributed by atoms with van der Waals surface area (Å²) in [5.74, 6) is -1.13. The van der Waals surface area contributed by atoms with E-state index in [-0.39, 0.29) is 30.3 Å². The normalized spacial score (nSPS) is 22.4. The van der Waals surface area contributed by atoms with Gasteiger partial charge in [0.05, 0.1) is 29.7 Å². The molecule has 4 aromatic rings. The molecule has 2 atom stereocenters. The van der Waals surface area contributed by atoms with Gasteiger partial charge >= 0.3 is 0 Å². The first kappa shape index (κ1) is 23.1. The standard InChI is InChI=1S/C33H23N3O3/c34-17-21-9-1-2-10-22(21)19-39-23-11-7-8-20(16-23)18-35-36-32(37)30-28-24-12-3-4-13-25(24)29(31(30)33(36)38)27-15-6-5-14-26(27)28/h1-16,18,28-31H,19H2/b35-18-/t28?,29?,30-,31+. The number of imide groups is 1. The molecule has 1 heterocycles. The molecule has 0 saturated carbocycles. The molecule has 188 valence electrons. The van der Waals surface area contributed by atoms with Crippen LogP contribution in [0.5, 0.6) is 5.75 Å². The first-order valence-corrected chi connectivity index (χ1v) is 13.0. The minimum atomic E-state index is -0.459. The van der Waals surface area contributed by atoms with Crippen molar-refractivity contribution in [1.29, 1.82) is 5.26 Å². The smallest absolute Gasteiger partial charge is 0.254 e. The van der Waals surface area contributed by atoms with Crippen LogP contribution in [0.1, 0.15) is 50.8 Å². The lowest BCUT2D eigenvalue weighted by atomic mass is 9.55. The van der Waals surface area contributed by atoms with E-state index >= 15 is 0 Å². The number of hydrazone groups is 1. The van der Waals surface area contributed by atoms with Crippen molar-refractivity contribution >= 4 is 18.0 Å². The molecule has 4 aromatic carbocycles. The highest BCUT2D eigenvalue weighted by Gasteiger charge is 2.61. The lowest BCUT2D eigenvalue weighted by Crippen LogP contribution is -2.41. The Morgan fingerprint density at radius 2 is 1.33 bits per heavy atom. The van der Waals surface area contributed by atoms with Crippen LogP contribution in [0.2, 0.25) is 0 Å². The van der Waals surface area contributed by atoms with Crippen LogP contribution in [0.4, 0.5) is 0 Å². The summed E-state index contributed by atoms with van der Waals surface area (Å²) in [4.78, 5) is 27.4. The van der Waals surface area contributed by atoms with Gasteiger partial charge in [-0.15, -0.1) is 0 Å². The van der Waals surface area contributed by atoms with Gasteiger partial charge in [0.15, 0.2) is 0 Å². The van der Waals surface area contributed by atoms with Crippen LogP contribution in [0.3, 0.4) is 0 Å². The highest BCUT2D eigenvalue weighted by Crippen LogP contribution is 2.60. The van der Waals surface area contributed by atoms with E-state index in [2.05, 4.69) is 35.4 Å². The van der Waals surface area contributed by atoms with Gasteiger partial charge in [0, 0.05) is 17.4 Å². The quantitative estimate of drug-likeness (QED) is 0.268. The molecule has 1 fully saturated rings. The summed E-state index contributed by atoms with van der Waals surface area (Å²) < 4.78 is 5.91. The van der Waals surface area contributed by atoms with Crippen LogP contribution >= 0.6 is 0 Å². The van der Waals surface area contributed by atoms with E-state index in [9.17, 15) is 14.9 Å². The summed E-state index contributed by atoms with van der Waals surface area (Å²) in [5, 5.41) is 14.8. The van der Waals surface area contributed by atoms with Crippen molar-refractivity contribution in [2.45, 2.75) is 18.4 Å². The molecule has 1 aliphatic heterocycles. The minimum Gasteiger partial charge on any atom is -0.489 e. The highest BCUT2D eigenvalue weighted by molar-refractivity contribution is 6.08. The molecule has 4 aliphatic rings. The van der Waals surface area contributed by atoms with Crippen LogP contribution < -0.4 is 4.74 Å². The summed E-state index contributed by atoms with van der Waals surface area (Å²) in [5.41, 5.74) is 6.61. The molecule has 2 bridgehead atoms. The monoisotopic (exact) mass is 509 g/mol. The average Bonchev–Trinajstić information content (AvgIpc) is 3.24. The van der Waals surface area contributed by atoms with Gasteiger partial charge in [-0.2, -0.15) is 15.4 Å². The predicted octanol–water partition coefficient (Wildman–Crippen LogP) is 5.36. The van der Waals surface area contributed by atoms with Crippen LogP contribution in [-0.4, -0.2) is 23.0 Å². The third-order valence-corrected chi connectivity index (χ3v) is 8.14. The Bertz CT molecular complexity index is 1600. The van der Waals surface area contributed by atoms with E-state index in [0.717, 1.165) is 32.8 Å². The van der Waals surface area contributed by atoms with E-state index in [1.54, 1.807) is 12.1 Å². The fourth-order valence-corrected chi connectivity index (χ4v) is 6.50. The maximum Gasteiger partial charge on any atom is 0.254 e. The summed E-state index contributed by atoms with van der Waals surface area (Å²) in [6.07, 6.45) is 1.53. The second-order valence-electron chi connectivity index (χ2n) is 10.1. The van der Waals surface area contributed by atoms with Crippen molar-refractivity contribution in [1.82, 2.24) is 5.01 Å². The Morgan fingerprint density at radius 1 is 0.769 bits per heavy atom. The number of benzene rings is 4. The molecule has 0 aromatic heterocycles. The van der Waals surface area contributed by atoms with E-state index < -0.39 is 11.8 Å². The molecule has 0 N–H and O–H groups in total. The molecule has 0 radical (unpaired) electrons. The fourth-order valence-electron chi connectivity index (χ4n) is 6.50. The molecule has 1 saturated heterocycles. The largest absolute Gasteiger partial charge is 0.489 e. The summed E-state index contributed by atoms with van der Waals surface area (Å²) in [6, 6.07) is 33.1. The number of amides is 2. The van der Waals surface area contributed by atoms with Crippen LogP contribution in [0.25, 0.3) is 0 Å². The lowest BCUT2D eigenvalue weighted by Gasteiger charge is -2.45. The number of carbonyl (C=O) groups excluding carboxylic acids is 2. The van der Waals surface area contributed by atoms with Crippen molar-refractivity contribution in [2.24, 2.45) is 16.9 Å².